The molecule has 2 aliphatic rings. The standard InChI is InChI=1S/C22H32N4O4/c1-22(2,3)12-15(24-21(30)26-10-6-9-16(26)19(23)28)20(29)25-18-14-8-5-4-7-13(14)11-17(18)27/h4-5,7-8,15-18,27H,6,9-12H2,1-3H3,(H2,23,28)(H,24,30)(H,25,29)/t15-,16-,17+,18-/m0/s1. The van der Waals surface area contributed by atoms with Crippen molar-refractivity contribution in [2.75, 3.05) is 6.54 Å². The number of nitrogens with zero attached hydrogens (tertiary/aromatic N) is 1. The van der Waals surface area contributed by atoms with E-state index in [0.717, 1.165) is 11.1 Å². The van der Waals surface area contributed by atoms with Crippen molar-refractivity contribution in [1.29, 1.82) is 0 Å². The maximum absolute atomic E-state index is 13.2. The molecular formula is C22H32N4O4. The minimum atomic E-state index is -0.799. The number of fused-ring (bicyclic) bond motifs is 1. The number of aliphatic hydroxyl groups is 1. The first-order chi connectivity index (χ1) is 14.1. The van der Waals surface area contributed by atoms with Crippen LogP contribution in [-0.2, 0) is 16.0 Å². The molecule has 0 spiro atoms. The third-order valence-corrected chi connectivity index (χ3v) is 5.77. The molecule has 4 amide bonds. The molecule has 8 nitrogen and oxygen atoms in total. The van der Waals surface area contributed by atoms with Gasteiger partial charge in [0.1, 0.15) is 12.1 Å². The van der Waals surface area contributed by atoms with Crippen LogP contribution in [0.15, 0.2) is 24.3 Å². The highest BCUT2D eigenvalue weighted by Crippen LogP contribution is 2.31. The van der Waals surface area contributed by atoms with Gasteiger partial charge >= 0.3 is 6.03 Å². The van der Waals surface area contributed by atoms with Gasteiger partial charge in [-0.3, -0.25) is 9.59 Å². The van der Waals surface area contributed by atoms with Gasteiger partial charge in [0.25, 0.3) is 0 Å². The number of rotatable bonds is 5. The molecule has 0 aromatic heterocycles. The average Bonchev–Trinajstić information content (AvgIpc) is 3.25. The third-order valence-electron chi connectivity index (χ3n) is 5.77. The Labute approximate surface area is 177 Å². The van der Waals surface area contributed by atoms with Crippen LogP contribution in [0.25, 0.3) is 0 Å². The molecular weight excluding hydrogens is 384 g/mol. The van der Waals surface area contributed by atoms with Crippen molar-refractivity contribution in [3.05, 3.63) is 35.4 Å². The molecule has 1 saturated heterocycles. The van der Waals surface area contributed by atoms with Crippen molar-refractivity contribution in [3.8, 4) is 0 Å². The minimum Gasteiger partial charge on any atom is -0.390 e. The fourth-order valence-corrected chi connectivity index (χ4v) is 4.36. The Morgan fingerprint density at radius 3 is 2.63 bits per heavy atom. The number of nitrogens with one attached hydrogen (secondary N) is 2. The lowest BCUT2D eigenvalue weighted by molar-refractivity contribution is -0.125. The monoisotopic (exact) mass is 416 g/mol. The van der Waals surface area contributed by atoms with Gasteiger partial charge in [-0.05, 0) is 35.8 Å². The summed E-state index contributed by atoms with van der Waals surface area (Å²) in [6, 6.07) is 5.20. The van der Waals surface area contributed by atoms with Gasteiger partial charge in [-0.15, -0.1) is 0 Å². The zero-order valence-corrected chi connectivity index (χ0v) is 17.9. The topological polar surface area (TPSA) is 125 Å². The Hall–Kier alpha value is -2.61. The number of primary amides is 1. The van der Waals surface area contributed by atoms with E-state index in [1.165, 1.54) is 4.90 Å². The summed E-state index contributed by atoms with van der Waals surface area (Å²) in [5, 5.41) is 16.2. The first kappa shape index (κ1) is 22.1. The summed E-state index contributed by atoms with van der Waals surface area (Å²) in [5.74, 6) is -0.890. The molecule has 1 fully saturated rings. The highest BCUT2D eigenvalue weighted by Gasteiger charge is 2.37. The summed E-state index contributed by atoms with van der Waals surface area (Å²) in [6.07, 6.45) is 1.40. The van der Waals surface area contributed by atoms with Crippen LogP contribution in [-0.4, -0.2) is 52.6 Å². The van der Waals surface area contributed by atoms with E-state index in [1.807, 2.05) is 45.0 Å². The van der Waals surface area contributed by atoms with Crippen LogP contribution < -0.4 is 16.4 Å². The molecule has 8 heteroatoms. The van der Waals surface area contributed by atoms with Crippen LogP contribution in [0, 0.1) is 5.41 Å². The van der Waals surface area contributed by atoms with Crippen LogP contribution in [0.2, 0.25) is 0 Å². The smallest absolute Gasteiger partial charge is 0.318 e. The van der Waals surface area contributed by atoms with E-state index in [2.05, 4.69) is 10.6 Å². The lowest BCUT2D eigenvalue weighted by Crippen LogP contribution is -2.55. The number of amides is 4. The lowest BCUT2D eigenvalue weighted by atomic mass is 9.87. The van der Waals surface area contributed by atoms with Crippen molar-refractivity contribution in [1.82, 2.24) is 15.5 Å². The summed E-state index contributed by atoms with van der Waals surface area (Å²) in [7, 11) is 0. The zero-order chi connectivity index (χ0) is 22.1. The van der Waals surface area contributed by atoms with Crippen molar-refractivity contribution >= 4 is 17.8 Å². The molecule has 1 aromatic rings. The minimum absolute atomic E-state index is 0.227. The summed E-state index contributed by atoms with van der Waals surface area (Å²) >= 11 is 0. The van der Waals surface area contributed by atoms with E-state index >= 15 is 0 Å². The predicted molar refractivity (Wildman–Crippen MR) is 112 cm³/mol. The van der Waals surface area contributed by atoms with E-state index in [4.69, 9.17) is 5.73 Å². The molecule has 30 heavy (non-hydrogen) atoms. The van der Waals surface area contributed by atoms with Gasteiger partial charge in [-0.25, -0.2) is 4.79 Å². The van der Waals surface area contributed by atoms with Gasteiger partial charge in [0, 0.05) is 13.0 Å². The molecule has 5 N–H and O–H groups in total. The molecule has 1 heterocycles. The maximum atomic E-state index is 13.2. The Kier molecular flexibility index (Phi) is 6.36. The maximum Gasteiger partial charge on any atom is 0.318 e. The van der Waals surface area contributed by atoms with Crippen LogP contribution in [0.5, 0.6) is 0 Å². The second-order valence-corrected chi connectivity index (χ2v) is 9.48. The first-order valence-electron chi connectivity index (χ1n) is 10.5. The number of aliphatic hydroxyl groups excluding tert-OH is 1. The second kappa shape index (κ2) is 8.63. The quantitative estimate of drug-likeness (QED) is 0.576. The number of likely N-dealkylation sites (tertiary alicyclic amines) is 1. The van der Waals surface area contributed by atoms with Crippen molar-refractivity contribution in [2.45, 2.75) is 70.7 Å². The van der Waals surface area contributed by atoms with E-state index in [1.54, 1.807) is 0 Å². The number of hydrogen-bond acceptors (Lipinski definition) is 4. The van der Waals surface area contributed by atoms with Crippen molar-refractivity contribution in [2.24, 2.45) is 11.1 Å². The van der Waals surface area contributed by atoms with Gasteiger partial charge in [0.15, 0.2) is 0 Å². The Morgan fingerprint density at radius 1 is 1.27 bits per heavy atom. The summed E-state index contributed by atoms with van der Waals surface area (Å²) < 4.78 is 0. The SMILES string of the molecule is CC(C)(C)C[C@H](NC(=O)N1CCC[C@H]1C(N)=O)C(=O)N[C@H]1c2ccccc2C[C@H]1O. The lowest BCUT2D eigenvalue weighted by Gasteiger charge is -2.30. The highest BCUT2D eigenvalue weighted by molar-refractivity contribution is 5.90. The van der Waals surface area contributed by atoms with Gasteiger partial charge < -0.3 is 26.4 Å². The van der Waals surface area contributed by atoms with E-state index in [9.17, 15) is 19.5 Å². The Bertz CT molecular complexity index is 820. The normalized spacial score (nSPS) is 24.3. The van der Waals surface area contributed by atoms with Crippen molar-refractivity contribution in [3.63, 3.8) is 0 Å². The van der Waals surface area contributed by atoms with E-state index in [0.29, 0.717) is 32.2 Å². The number of nitrogens with two attached hydrogens (primary N) is 1. The Balaban J connectivity index is 1.74. The number of urea groups is 1. The molecule has 3 rings (SSSR count). The average molecular weight is 417 g/mol. The van der Waals surface area contributed by atoms with Gasteiger partial charge in [0.2, 0.25) is 11.8 Å². The molecule has 1 aliphatic heterocycles. The van der Waals surface area contributed by atoms with Crippen LogP contribution >= 0.6 is 0 Å². The zero-order valence-electron chi connectivity index (χ0n) is 17.9. The molecule has 4 atom stereocenters. The fourth-order valence-electron chi connectivity index (χ4n) is 4.36. The van der Waals surface area contributed by atoms with Gasteiger partial charge in [-0.2, -0.15) is 0 Å². The molecule has 1 aromatic carbocycles. The van der Waals surface area contributed by atoms with Crippen LogP contribution in [0.3, 0.4) is 0 Å². The van der Waals surface area contributed by atoms with Gasteiger partial charge in [0.05, 0.1) is 12.1 Å². The summed E-state index contributed by atoms with van der Waals surface area (Å²) in [4.78, 5) is 39.0. The van der Waals surface area contributed by atoms with Crippen LogP contribution in [0.1, 0.15) is 57.2 Å². The molecule has 0 saturated carbocycles. The number of carbonyl (C=O) groups excluding carboxylic acids is 3. The fraction of sp³-hybridized carbons (Fsp3) is 0.591. The predicted octanol–water partition coefficient (Wildman–Crippen LogP) is 1.23. The number of hydrogen-bond donors (Lipinski definition) is 4. The molecule has 0 unspecified atom stereocenters. The summed E-state index contributed by atoms with van der Waals surface area (Å²) in [5.41, 5.74) is 7.10. The first-order valence-corrected chi connectivity index (χ1v) is 10.5. The molecule has 164 valence electrons. The largest absolute Gasteiger partial charge is 0.390 e. The van der Waals surface area contributed by atoms with Crippen LogP contribution in [0.4, 0.5) is 4.79 Å². The Morgan fingerprint density at radius 2 is 1.97 bits per heavy atom. The molecule has 1 aliphatic carbocycles. The summed E-state index contributed by atoms with van der Waals surface area (Å²) in [6.45, 7) is 6.39. The highest BCUT2D eigenvalue weighted by atomic mass is 16.3. The second-order valence-electron chi connectivity index (χ2n) is 9.48. The van der Waals surface area contributed by atoms with Gasteiger partial charge in [-0.1, -0.05) is 45.0 Å². The van der Waals surface area contributed by atoms with Crippen molar-refractivity contribution < 1.29 is 19.5 Å². The molecule has 0 radical (unpaired) electrons. The third kappa shape index (κ3) is 4.92. The number of carbonyl (C=O) groups is 3. The van der Waals surface area contributed by atoms with E-state index in [-0.39, 0.29) is 11.3 Å². The molecule has 0 bridgehead atoms. The number of benzene rings is 1. The van der Waals surface area contributed by atoms with E-state index < -0.39 is 36.2 Å².